The van der Waals surface area contributed by atoms with E-state index in [2.05, 4.69) is 66.5 Å². The molecule has 0 fully saturated rings. The average Bonchev–Trinajstić information content (AvgIpc) is 2.26. The molecule has 1 rings (SSSR count). The Morgan fingerprint density at radius 2 is 1.72 bits per heavy atom. The summed E-state index contributed by atoms with van der Waals surface area (Å²) in [5.74, 6) is 2.45. The first-order chi connectivity index (χ1) is 8.43. The maximum absolute atomic E-state index is 4.65. The number of nitrogens with zero attached hydrogens (tertiary/aromatic N) is 2. The fourth-order valence-corrected chi connectivity index (χ4v) is 2.47. The minimum Gasteiger partial charge on any atom is -0.356 e. The van der Waals surface area contributed by atoms with Gasteiger partial charge in [-0.25, -0.2) is 4.98 Å². The van der Waals surface area contributed by atoms with Gasteiger partial charge in [-0.3, -0.25) is 0 Å². The van der Waals surface area contributed by atoms with E-state index < -0.39 is 0 Å². The molecular formula is C15H25BrN2. The summed E-state index contributed by atoms with van der Waals surface area (Å²) in [6.07, 6.45) is 1.98. The van der Waals surface area contributed by atoms with Crippen molar-refractivity contribution in [3.05, 3.63) is 23.4 Å². The third-order valence-corrected chi connectivity index (χ3v) is 3.38. The molecule has 0 N–H and O–H groups in total. The normalized spacial score (nSPS) is 11.3. The quantitative estimate of drug-likeness (QED) is 0.724. The zero-order valence-electron chi connectivity index (χ0n) is 12.2. The number of hydrogen-bond donors (Lipinski definition) is 0. The van der Waals surface area contributed by atoms with Crippen molar-refractivity contribution in [2.75, 3.05) is 18.0 Å². The van der Waals surface area contributed by atoms with Gasteiger partial charge in [0.2, 0.25) is 0 Å². The first kappa shape index (κ1) is 15.5. The van der Waals surface area contributed by atoms with Gasteiger partial charge >= 0.3 is 0 Å². The molecule has 0 aliphatic carbocycles. The maximum Gasteiger partial charge on any atom is 0.131 e. The number of anilines is 1. The first-order valence-corrected chi connectivity index (χ1v) is 7.82. The molecule has 102 valence electrons. The van der Waals surface area contributed by atoms with Gasteiger partial charge in [-0.15, -0.1) is 0 Å². The van der Waals surface area contributed by atoms with Crippen LogP contribution in [-0.4, -0.2) is 18.1 Å². The van der Waals surface area contributed by atoms with Crippen molar-refractivity contribution < 1.29 is 0 Å². The maximum atomic E-state index is 4.65. The van der Waals surface area contributed by atoms with E-state index in [1.807, 2.05) is 6.20 Å². The highest BCUT2D eigenvalue weighted by Gasteiger charge is 2.14. The fourth-order valence-electron chi connectivity index (χ4n) is 2.16. The van der Waals surface area contributed by atoms with E-state index in [9.17, 15) is 0 Å². The van der Waals surface area contributed by atoms with Gasteiger partial charge < -0.3 is 4.90 Å². The van der Waals surface area contributed by atoms with Crippen LogP contribution in [0.4, 0.5) is 5.82 Å². The molecule has 0 aliphatic heterocycles. The number of pyridine rings is 1. The molecule has 0 bridgehead atoms. The van der Waals surface area contributed by atoms with E-state index in [0.29, 0.717) is 11.8 Å². The van der Waals surface area contributed by atoms with Crippen LogP contribution in [0.3, 0.4) is 0 Å². The largest absolute Gasteiger partial charge is 0.356 e. The lowest BCUT2D eigenvalue weighted by Crippen LogP contribution is -2.32. The Balaban J connectivity index is 2.96. The summed E-state index contributed by atoms with van der Waals surface area (Å²) in [6.45, 7) is 13.3. The Bertz CT molecular complexity index is 365. The zero-order valence-corrected chi connectivity index (χ0v) is 13.8. The summed E-state index contributed by atoms with van der Waals surface area (Å²) in [7, 11) is 0. The minimum absolute atomic E-state index is 0.654. The highest BCUT2D eigenvalue weighted by molar-refractivity contribution is 9.08. The Hall–Kier alpha value is -0.570. The summed E-state index contributed by atoms with van der Waals surface area (Å²) >= 11 is 3.48. The summed E-state index contributed by atoms with van der Waals surface area (Å²) in [6, 6.07) is 2.23. The lowest BCUT2D eigenvalue weighted by molar-refractivity contribution is 0.548. The van der Waals surface area contributed by atoms with Gasteiger partial charge in [-0.2, -0.15) is 0 Å². The third kappa shape index (κ3) is 4.60. The van der Waals surface area contributed by atoms with Crippen LogP contribution in [0.2, 0.25) is 0 Å². The lowest BCUT2D eigenvalue weighted by atomic mass is 10.1. The smallest absolute Gasteiger partial charge is 0.131 e. The highest BCUT2D eigenvalue weighted by atomic mass is 79.9. The second-order valence-electron chi connectivity index (χ2n) is 5.81. The molecule has 0 radical (unpaired) electrons. The van der Waals surface area contributed by atoms with Crippen LogP contribution < -0.4 is 4.90 Å². The average molecular weight is 313 g/mol. The number of halogens is 1. The number of hydrogen-bond acceptors (Lipinski definition) is 2. The van der Waals surface area contributed by atoms with Crippen molar-refractivity contribution in [2.24, 2.45) is 11.8 Å². The summed E-state index contributed by atoms with van der Waals surface area (Å²) in [4.78, 5) is 7.07. The van der Waals surface area contributed by atoms with Crippen molar-refractivity contribution in [3.63, 3.8) is 0 Å². The topological polar surface area (TPSA) is 16.1 Å². The van der Waals surface area contributed by atoms with E-state index >= 15 is 0 Å². The van der Waals surface area contributed by atoms with E-state index in [-0.39, 0.29) is 0 Å². The van der Waals surface area contributed by atoms with Crippen LogP contribution in [-0.2, 0) is 5.33 Å². The van der Waals surface area contributed by atoms with Crippen molar-refractivity contribution in [3.8, 4) is 0 Å². The van der Waals surface area contributed by atoms with Crippen molar-refractivity contribution in [2.45, 2.75) is 39.9 Å². The molecule has 1 heterocycles. The molecule has 3 heteroatoms. The minimum atomic E-state index is 0.654. The first-order valence-electron chi connectivity index (χ1n) is 6.70. The monoisotopic (exact) mass is 312 g/mol. The molecular weight excluding hydrogens is 288 g/mol. The van der Waals surface area contributed by atoms with E-state index in [0.717, 1.165) is 24.2 Å². The summed E-state index contributed by atoms with van der Waals surface area (Å²) < 4.78 is 0. The molecule has 0 spiro atoms. The van der Waals surface area contributed by atoms with Crippen LogP contribution in [0.15, 0.2) is 12.3 Å². The Morgan fingerprint density at radius 1 is 1.17 bits per heavy atom. The lowest BCUT2D eigenvalue weighted by Gasteiger charge is -2.28. The molecule has 0 aliphatic rings. The summed E-state index contributed by atoms with van der Waals surface area (Å²) in [5, 5.41) is 0.871. The summed E-state index contributed by atoms with van der Waals surface area (Å²) in [5.41, 5.74) is 2.51. The Labute approximate surface area is 120 Å². The predicted molar refractivity (Wildman–Crippen MR) is 83.5 cm³/mol. The molecule has 0 saturated carbocycles. The van der Waals surface area contributed by atoms with Crippen LogP contribution in [0.1, 0.15) is 38.8 Å². The number of aryl methyl sites for hydroxylation is 1. The standard InChI is InChI=1S/C15H25BrN2/c1-11(2)9-18(10-12(3)4)15-13(5)6-14(7-16)8-17-15/h6,8,11-12H,7,9-10H2,1-5H3. The molecule has 2 nitrogen and oxygen atoms in total. The molecule has 0 atom stereocenters. The van der Waals surface area contributed by atoms with Crippen LogP contribution >= 0.6 is 15.9 Å². The van der Waals surface area contributed by atoms with Crippen molar-refractivity contribution in [1.82, 2.24) is 4.98 Å². The number of rotatable bonds is 6. The van der Waals surface area contributed by atoms with Gasteiger partial charge in [0.05, 0.1) is 0 Å². The number of aromatic nitrogens is 1. The zero-order chi connectivity index (χ0) is 13.7. The van der Waals surface area contributed by atoms with Gasteiger partial charge in [0.15, 0.2) is 0 Å². The SMILES string of the molecule is Cc1cc(CBr)cnc1N(CC(C)C)CC(C)C. The van der Waals surface area contributed by atoms with E-state index in [4.69, 9.17) is 0 Å². The second-order valence-corrected chi connectivity index (χ2v) is 6.37. The molecule has 0 saturated heterocycles. The molecule has 18 heavy (non-hydrogen) atoms. The fraction of sp³-hybridized carbons (Fsp3) is 0.667. The van der Waals surface area contributed by atoms with Gasteiger partial charge in [0.25, 0.3) is 0 Å². The van der Waals surface area contributed by atoms with Gasteiger partial charge in [0.1, 0.15) is 5.82 Å². The van der Waals surface area contributed by atoms with Crippen LogP contribution in [0, 0.1) is 18.8 Å². The van der Waals surface area contributed by atoms with E-state index in [1.54, 1.807) is 0 Å². The molecule has 0 unspecified atom stereocenters. The van der Waals surface area contributed by atoms with Gasteiger partial charge in [0, 0.05) is 24.6 Å². The molecule has 1 aromatic rings. The van der Waals surface area contributed by atoms with Crippen LogP contribution in [0.25, 0.3) is 0 Å². The van der Waals surface area contributed by atoms with Gasteiger partial charge in [-0.1, -0.05) is 49.7 Å². The van der Waals surface area contributed by atoms with Crippen LogP contribution in [0.5, 0.6) is 0 Å². The Kier molecular flexibility index (Phi) is 6.13. The highest BCUT2D eigenvalue weighted by Crippen LogP contribution is 2.21. The van der Waals surface area contributed by atoms with Gasteiger partial charge in [-0.05, 0) is 29.9 Å². The van der Waals surface area contributed by atoms with E-state index in [1.165, 1.54) is 11.1 Å². The third-order valence-electron chi connectivity index (χ3n) is 2.73. The van der Waals surface area contributed by atoms with Crippen molar-refractivity contribution >= 4 is 21.7 Å². The Morgan fingerprint density at radius 3 is 2.11 bits per heavy atom. The predicted octanol–water partition coefficient (Wildman–Crippen LogP) is 4.40. The number of alkyl halides is 1. The van der Waals surface area contributed by atoms with Crippen molar-refractivity contribution in [1.29, 1.82) is 0 Å². The molecule has 0 amide bonds. The molecule has 0 aromatic carbocycles. The second kappa shape index (κ2) is 7.13. The molecule has 1 aromatic heterocycles.